The smallest absolute Gasteiger partial charge is 0.333 e. The standard InChI is InChI=1S/C23H18N2O4/c26-21(27)10-11-22(28)29-23(18-7-2-1-3-8-18)20-9-5-4-6-17(20)16-25(23)19-12-14-24-15-13-19/h1-15H,16H2,(H,26,27)/b11-10-. The largest absolute Gasteiger partial charge is 0.478 e. The Hall–Kier alpha value is -3.93. The molecule has 1 atom stereocenters. The Labute approximate surface area is 167 Å². The number of benzene rings is 2. The van der Waals surface area contributed by atoms with Crippen LogP contribution in [0.5, 0.6) is 0 Å². The van der Waals surface area contributed by atoms with Crippen LogP contribution in [0.4, 0.5) is 5.69 Å². The van der Waals surface area contributed by atoms with Crippen molar-refractivity contribution in [3.8, 4) is 0 Å². The van der Waals surface area contributed by atoms with Gasteiger partial charge in [0.25, 0.3) is 0 Å². The molecule has 2 heterocycles. The number of carbonyl (C=O) groups is 2. The Balaban J connectivity index is 1.92. The first-order valence-corrected chi connectivity index (χ1v) is 9.07. The van der Waals surface area contributed by atoms with Gasteiger partial charge >= 0.3 is 11.9 Å². The third-order valence-corrected chi connectivity index (χ3v) is 4.84. The molecule has 0 spiro atoms. The summed E-state index contributed by atoms with van der Waals surface area (Å²) in [5, 5.41) is 8.88. The topological polar surface area (TPSA) is 79.7 Å². The molecule has 1 N–H and O–H groups in total. The van der Waals surface area contributed by atoms with E-state index in [1.54, 1.807) is 12.4 Å². The van der Waals surface area contributed by atoms with E-state index in [0.29, 0.717) is 6.54 Å². The van der Waals surface area contributed by atoms with Crippen LogP contribution < -0.4 is 4.90 Å². The van der Waals surface area contributed by atoms with Crippen LogP contribution in [-0.2, 0) is 26.6 Å². The zero-order valence-electron chi connectivity index (χ0n) is 15.4. The Morgan fingerprint density at radius 3 is 2.38 bits per heavy atom. The first-order valence-electron chi connectivity index (χ1n) is 9.07. The lowest BCUT2D eigenvalue weighted by Crippen LogP contribution is -2.46. The van der Waals surface area contributed by atoms with Crippen molar-refractivity contribution >= 4 is 17.6 Å². The van der Waals surface area contributed by atoms with E-state index < -0.39 is 17.7 Å². The second-order valence-electron chi connectivity index (χ2n) is 6.55. The van der Waals surface area contributed by atoms with Crippen LogP contribution in [0.2, 0.25) is 0 Å². The molecule has 1 unspecified atom stereocenters. The highest BCUT2D eigenvalue weighted by Gasteiger charge is 2.50. The molecule has 0 bridgehead atoms. The van der Waals surface area contributed by atoms with Gasteiger partial charge in [-0.1, -0.05) is 54.6 Å². The summed E-state index contributed by atoms with van der Waals surface area (Å²) in [4.78, 5) is 29.6. The maximum Gasteiger partial charge on any atom is 0.333 e. The van der Waals surface area contributed by atoms with Gasteiger partial charge < -0.3 is 14.7 Å². The number of hydrogen-bond acceptors (Lipinski definition) is 5. The maximum atomic E-state index is 12.7. The fraction of sp³-hybridized carbons (Fsp3) is 0.0870. The van der Waals surface area contributed by atoms with Crippen molar-refractivity contribution in [2.45, 2.75) is 12.3 Å². The van der Waals surface area contributed by atoms with Crippen LogP contribution >= 0.6 is 0 Å². The molecule has 6 heteroatoms. The average Bonchev–Trinajstić information content (AvgIpc) is 3.09. The van der Waals surface area contributed by atoms with E-state index in [-0.39, 0.29) is 0 Å². The van der Waals surface area contributed by atoms with Gasteiger partial charge in [-0.3, -0.25) is 4.98 Å². The monoisotopic (exact) mass is 386 g/mol. The molecule has 1 aromatic heterocycles. The summed E-state index contributed by atoms with van der Waals surface area (Å²) >= 11 is 0. The molecule has 0 radical (unpaired) electrons. The third-order valence-electron chi connectivity index (χ3n) is 4.84. The molecule has 3 aromatic rings. The average molecular weight is 386 g/mol. The summed E-state index contributed by atoms with van der Waals surface area (Å²) in [6, 6.07) is 20.9. The molecule has 0 saturated heterocycles. The number of aliphatic carboxylic acids is 1. The van der Waals surface area contributed by atoms with Crippen LogP contribution in [-0.4, -0.2) is 22.0 Å². The van der Waals surface area contributed by atoms with E-state index >= 15 is 0 Å². The quantitative estimate of drug-likeness (QED) is 0.534. The number of fused-ring (bicyclic) bond motifs is 1. The molecule has 0 saturated carbocycles. The van der Waals surface area contributed by atoms with E-state index in [2.05, 4.69) is 4.98 Å². The maximum absolute atomic E-state index is 12.7. The molecule has 1 aliphatic heterocycles. The number of nitrogens with zero attached hydrogens (tertiary/aromatic N) is 2. The summed E-state index contributed by atoms with van der Waals surface area (Å²) in [5.41, 5.74) is 2.20. The molecule has 0 amide bonds. The predicted octanol–water partition coefficient (Wildman–Crippen LogP) is 3.49. The Morgan fingerprint density at radius 1 is 0.966 bits per heavy atom. The van der Waals surface area contributed by atoms with Crippen molar-refractivity contribution in [1.82, 2.24) is 4.98 Å². The van der Waals surface area contributed by atoms with Gasteiger partial charge in [0.15, 0.2) is 0 Å². The van der Waals surface area contributed by atoms with Gasteiger partial charge in [-0.15, -0.1) is 0 Å². The molecule has 6 nitrogen and oxygen atoms in total. The molecule has 0 aliphatic carbocycles. The SMILES string of the molecule is O=C(O)/C=C\C(=O)OC1(c2ccccc2)c2ccccc2CN1c1ccncc1. The van der Waals surface area contributed by atoms with E-state index in [4.69, 9.17) is 9.84 Å². The minimum atomic E-state index is -1.24. The van der Waals surface area contributed by atoms with Crippen LogP contribution in [0.1, 0.15) is 16.7 Å². The number of carboxylic acids is 1. The van der Waals surface area contributed by atoms with Gasteiger partial charge in [0.05, 0.1) is 0 Å². The number of pyridine rings is 1. The van der Waals surface area contributed by atoms with Gasteiger partial charge in [0, 0.05) is 47.9 Å². The fourth-order valence-electron chi connectivity index (χ4n) is 3.68. The first kappa shape index (κ1) is 18.4. The number of carbonyl (C=O) groups excluding carboxylic acids is 1. The third kappa shape index (κ3) is 3.36. The number of carboxylic acid groups (broad SMARTS) is 1. The van der Waals surface area contributed by atoms with Crippen LogP contribution in [0, 0.1) is 0 Å². The Kier molecular flexibility index (Phi) is 4.83. The molecule has 144 valence electrons. The van der Waals surface area contributed by atoms with Gasteiger partial charge in [-0.2, -0.15) is 0 Å². The van der Waals surface area contributed by atoms with Crippen molar-refractivity contribution in [3.63, 3.8) is 0 Å². The lowest BCUT2D eigenvalue weighted by molar-refractivity contribution is -0.150. The second kappa shape index (κ2) is 7.59. The fourth-order valence-corrected chi connectivity index (χ4v) is 3.68. The second-order valence-corrected chi connectivity index (χ2v) is 6.55. The minimum absolute atomic E-state index is 0.519. The van der Waals surface area contributed by atoms with Gasteiger partial charge in [0.1, 0.15) is 0 Å². The Bertz CT molecular complexity index is 1070. The zero-order chi connectivity index (χ0) is 20.3. The van der Waals surface area contributed by atoms with Crippen LogP contribution in [0.3, 0.4) is 0 Å². The van der Waals surface area contributed by atoms with Gasteiger partial charge in [-0.25, -0.2) is 9.59 Å². The molecule has 0 fully saturated rings. The predicted molar refractivity (Wildman–Crippen MR) is 107 cm³/mol. The van der Waals surface area contributed by atoms with Crippen molar-refractivity contribution < 1.29 is 19.4 Å². The van der Waals surface area contributed by atoms with Crippen molar-refractivity contribution in [2.24, 2.45) is 0 Å². The highest BCUT2D eigenvalue weighted by atomic mass is 16.6. The molecule has 4 rings (SSSR count). The summed E-state index contributed by atoms with van der Waals surface area (Å²) in [6.07, 6.45) is 5.07. The lowest BCUT2D eigenvalue weighted by atomic mass is 9.93. The summed E-state index contributed by atoms with van der Waals surface area (Å²) < 4.78 is 6.05. The van der Waals surface area contributed by atoms with Crippen LogP contribution in [0.25, 0.3) is 0 Å². The van der Waals surface area contributed by atoms with Gasteiger partial charge in [-0.05, 0) is 17.7 Å². The van der Waals surface area contributed by atoms with Crippen molar-refractivity contribution in [2.75, 3.05) is 4.90 Å². The number of ether oxygens (including phenoxy) is 1. The molecular weight excluding hydrogens is 368 g/mol. The van der Waals surface area contributed by atoms with Gasteiger partial charge in [0.2, 0.25) is 5.72 Å². The number of aromatic nitrogens is 1. The first-order chi connectivity index (χ1) is 14.1. The van der Waals surface area contributed by atoms with Crippen molar-refractivity contribution in [1.29, 1.82) is 0 Å². The number of hydrogen-bond donors (Lipinski definition) is 1. The normalized spacial score (nSPS) is 17.9. The van der Waals surface area contributed by atoms with E-state index in [9.17, 15) is 9.59 Å². The minimum Gasteiger partial charge on any atom is -0.478 e. The highest BCUT2D eigenvalue weighted by Crippen LogP contribution is 2.47. The van der Waals surface area contributed by atoms with E-state index in [1.165, 1.54) is 0 Å². The number of anilines is 1. The van der Waals surface area contributed by atoms with E-state index in [0.717, 1.165) is 34.5 Å². The molecule has 1 aliphatic rings. The summed E-state index contributed by atoms with van der Waals surface area (Å²) in [7, 11) is 0. The Morgan fingerprint density at radius 2 is 1.66 bits per heavy atom. The zero-order valence-corrected chi connectivity index (χ0v) is 15.4. The van der Waals surface area contributed by atoms with Crippen LogP contribution in [0.15, 0.2) is 91.3 Å². The molecule has 29 heavy (non-hydrogen) atoms. The van der Waals surface area contributed by atoms with Crippen molar-refractivity contribution in [3.05, 3.63) is 108 Å². The lowest BCUT2D eigenvalue weighted by Gasteiger charge is -2.40. The highest BCUT2D eigenvalue weighted by molar-refractivity contribution is 5.91. The van der Waals surface area contributed by atoms with E-state index in [1.807, 2.05) is 71.6 Å². The summed E-state index contributed by atoms with van der Waals surface area (Å²) in [5.74, 6) is -1.96. The summed E-state index contributed by atoms with van der Waals surface area (Å²) in [6.45, 7) is 0.519. The molecule has 2 aromatic carbocycles. The number of rotatable bonds is 5. The molecular formula is C23H18N2O4. The number of esters is 1.